The molecule has 1 unspecified atom stereocenters. The Hall–Kier alpha value is -3.12. The highest BCUT2D eigenvalue weighted by molar-refractivity contribution is 5.87. The number of carbonyl (C=O) groups excluding carboxylic acids is 1. The number of ether oxygens (including phenoxy) is 2. The summed E-state index contributed by atoms with van der Waals surface area (Å²) in [6.45, 7) is 5.23. The number of esters is 1. The van der Waals surface area contributed by atoms with Gasteiger partial charge in [-0.15, -0.1) is 0 Å². The molecule has 150 valence electrons. The van der Waals surface area contributed by atoms with Crippen LogP contribution in [0.1, 0.15) is 35.2 Å². The van der Waals surface area contributed by atoms with Gasteiger partial charge in [0, 0.05) is 10.9 Å². The molecule has 6 heteroatoms. The van der Waals surface area contributed by atoms with Crippen molar-refractivity contribution < 1.29 is 23.6 Å². The first-order valence-electron chi connectivity index (χ1n) is 9.67. The van der Waals surface area contributed by atoms with E-state index in [0.29, 0.717) is 24.4 Å². The number of nitrogens with one attached hydrogen (secondary N) is 1. The summed E-state index contributed by atoms with van der Waals surface area (Å²) < 4.78 is 16.4. The van der Waals surface area contributed by atoms with E-state index >= 15 is 0 Å². The predicted molar refractivity (Wildman–Crippen MR) is 108 cm³/mol. The third-order valence-corrected chi connectivity index (χ3v) is 5.79. The molecule has 0 bridgehead atoms. The van der Waals surface area contributed by atoms with Gasteiger partial charge in [-0.3, -0.25) is 9.69 Å². The molecule has 0 radical (unpaired) electrons. The standard InChI is InChI=1S/C23H23NO5/c1-14-17-9-10-20-19(22(17)29-23(26)18(14)11-21(25)27-3)12-24(13-28-20)15(2)16-7-5-4-6-8-16/h4-10,15H,11-13H2,1-3H3/p+1/t15-/m0/s1. The Morgan fingerprint density at radius 2 is 1.97 bits per heavy atom. The maximum Gasteiger partial charge on any atom is 0.340 e. The van der Waals surface area contributed by atoms with Crippen molar-refractivity contribution in [2.24, 2.45) is 0 Å². The molecule has 2 aromatic carbocycles. The van der Waals surface area contributed by atoms with Crippen LogP contribution < -0.4 is 15.3 Å². The van der Waals surface area contributed by atoms with Crippen molar-refractivity contribution >= 4 is 16.9 Å². The number of hydrogen-bond donors (Lipinski definition) is 1. The summed E-state index contributed by atoms with van der Waals surface area (Å²) in [6, 6.07) is 14.3. The summed E-state index contributed by atoms with van der Waals surface area (Å²) in [6.07, 6.45) is -0.101. The van der Waals surface area contributed by atoms with E-state index in [1.807, 2.05) is 37.3 Å². The van der Waals surface area contributed by atoms with Gasteiger partial charge in [-0.2, -0.15) is 0 Å². The van der Waals surface area contributed by atoms with Crippen LogP contribution >= 0.6 is 0 Å². The molecule has 1 aromatic heterocycles. The van der Waals surface area contributed by atoms with Gasteiger partial charge in [0.15, 0.2) is 5.58 Å². The number of methoxy groups -OCH3 is 1. The van der Waals surface area contributed by atoms with Crippen molar-refractivity contribution in [3.05, 3.63) is 75.1 Å². The lowest BCUT2D eigenvalue weighted by Crippen LogP contribution is -3.12. The Morgan fingerprint density at radius 1 is 1.21 bits per heavy atom. The fourth-order valence-corrected chi connectivity index (χ4v) is 3.92. The number of quaternary nitrogens is 1. The van der Waals surface area contributed by atoms with Gasteiger partial charge in [0.1, 0.15) is 18.3 Å². The first-order valence-corrected chi connectivity index (χ1v) is 9.67. The van der Waals surface area contributed by atoms with Crippen LogP contribution in [-0.4, -0.2) is 19.8 Å². The van der Waals surface area contributed by atoms with Crippen molar-refractivity contribution in [1.29, 1.82) is 0 Å². The molecule has 0 saturated carbocycles. The Kier molecular flexibility index (Phi) is 5.11. The summed E-state index contributed by atoms with van der Waals surface area (Å²) >= 11 is 0. The van der Waals surface area contributed by atoms with Crippen LogP contribution in [0.4, 0.5) is 0 Å². The second-order valence-corrected chi connectivity index (χ2v) is 7.42. The lowest BCUT2D eigenvalue weighted by molar-refractivity contribution is -0.960. The lowest BCUT2D eigenvalue weighted by atomic mass is 9.99. The van der Waals surface area contributed by atoms with E-state index < -0.39 is 11.6 Å². The number of rotatable bonds is 4. The molecule has 0 fully saturated rings. The van der Waals surface area contributed by atoms with E-state index in [2.05, 4.69) is 19.1 Å². The molecule has 2 atom stereocenters. The number of benzene rings is 2. The number of aryl methyl sites for hydroxylation is 1. The van der Waals surface area contributed by atoms with E-state index in [4.69, 9.17) is 13.9 Å². The van der Waals surface area contributed by atoms with Crippen LogP contribution in [0, 0.1) is 6.92 Å². The van der Waals surface area contributed by atoms with Gasteiger partial charge in [0.2, 0.25) is 6.73 Å². The zero-order valence-electron chi connectivity index (χ0n) is 16.8. The van der Waals surface area contributed by atoms with Gasteiger partial charge in [0.25, 0.3) is 0 Å². The van der Waals surface area contributed by atoms with Gasteiger partial charge < -0.3 is 13.9 Å². The molecule has 6 nitrogen and oxygen atoms in total. The molecule has 0 aliphatic carbocycles. The fraction of sp³-hybridized carbons (Fsp3) is 0.304. The van der Waals surface area contributed by atoms with E-state index in [1.165, 1.54) is 17.6 Å². The topological polar surface area (TPSA) is 70.2 Å². The van der Waals surface area contributed by atoms with Crippen molar-refractivity contribution in [3.8, 4) is 5.75 Å². The van der Waals surface area contributed by atoms with Crippen LogP contribution in [0.25, 0.3) is 11.0 Å². The largest absolute Gasteiger partial charge is 0.469 e. The summed E-state index contributed by atoms with van der Waals surface area (Å²) in [4.78, 5) is 25.5. The lowest BCUT2D eigenvalue weighted by Gasteiger charge is -2.31. The monoisotopic (exact) mass is 394 g/mol. The van der Waals surface area contributed by atoms with Crippen LogP contribution in [0.3, 0.4) is 0 Å². The molecule has 0 saturated heterocycles. The summed E-state index contributed by atoms with van der Waals surface area (Å²) in [5.41, 5.74) is 3.23. The third-order valence-electron chi connectivity index (χ3n) is 5.79. The van der Waals surface area contributed by atoms with Gasteiger partial charge in [0.05, 0.1) is 24.7 Å². The average molecular weight is 394 g/mol. The number of carbonyl (C=O) groups is 1. The fourth-order valence-electron chi connectivity index (χ4n) is 3.92. The molecule has 3 aromatic rings. The van der Waals surface area contributed by atoms with E-state index in [1.54, 1.807) is 0 Å². The normalized spacial score (nSPS) is 16.7. The molecule has 1 aliphatic heterocycles. The maximum absolute atomic E-state index is 12.6. The number of hydrogen-bond acceptors (Lipinski definition) is 5. The molecule has 29 heavy (non-hydrogen) atoms. The van der Waals surface area contributed by atoms with Crippen molar-refractivity contribution in [2.45, 2.75) is 32.9 Å². The van der Waals surface area contributed by atoms with E-state index in [-0.39, 0.29) is 12.5 Å². The molecular weight excluding hydrogens is 370 g/mol. The first kappa shape index (κ1) is 19.2. The third kappa shape index (κ3) is 3.51. The Balaban J connectivity index is 1.75. The van der Waals surface area contributed by atoms with Crippen molar-refractivity contribution in [1.82, 2.24) is 0 Å². The molecule has 1 N–H and O–H groups in total. The average Bonchev–Trinajstić information content (AvgIpc) is 2.76. The van der Waals surface area contributed by atoms with Gasteiger partial charge in [-0.1, -0.05) is 30.3 Å². The van der Waals surface area contributed by atoms with Gasteiger partial charge >= 0.3 is 11.6 Å². The van der Waals surface area contributed by atoms with Crippen LogP contribution in [0.5, 0.6) is 5.75 Å². The van der Waals surface area contributed by atoms with Crippen LogP contribution in [0.2, 0.25) is 0 Å². The minimum atomic E-state index is -0.503. The summed E-state index contributed by atoms with van der Waals surface area (Å²) in [5, 5.41) is 0.819. The Bertz CT molecular complexity index is 1120. The zero-order chi connectivity index (χ0) is 20.5. The van der Waals surface area contributed by atoms with E-state index in [0.717, 1.165) is 22.3 Å². The van der Waals surface area contributed by atoms with Crippen LogP contribution in [-0.2, 0) is 22.5 Å². The highest BCUT2D eigenvalue weighted by Gasteiger charge is 2.29. The number of fused-ring (bicyclic) bond motifs is 3. The highest BCUT2D eigenvalue weighted by Crippen LogP contribution is 2.31. The minimum absolute atomic E-state index is 0.101. The first-order chi connectivity index (χ1) is 14.0. The molecule has 0 amide bonds. The second kappa shape index (κ2) is 7.72. The smallest absolute Gasteiger partial charge is 0.340 e. The zero-order valence-corrected chi connectivity index (χ0v) is 16.8. The summed E-state index contributed by atoms with van der Waals surface area (Å²) in [7, 11) is 1.30. The summed E-state index contributed by atoms with van der Waals surface area (Å²) in [5.74, 6) is 0.276. The molecule has 0 spiro atoms. The molecule has 2 heterocycles. The van der Waals surface area contributed by atoms with Gasteiger partial charge in [-0.05, 0) is 31.5 Å². The SMILES string of the molecule is COC(=O)Cc1c(C)c2ccc3c(c2oc1=O)C[NH+]([C@@H](C)c1ccccc1)CO3. The molecular formula is C23H24NO5+. The minimum Gasteiger partial charge on any atom is -0.469 e. The highest BCUT2D eigenvalue weighted by atomic mass is 16.5. The van der Waals surface area contributed by atoms with Crippen molar-refractivity contribution in [2.75, 3.05) is 13.8 Å². The maximum atomic E-state index is 12.6. The van der Waals surface area contributed by atoms with E-state index in [9.17, 15) is 9.59 Å². The van der Waals surface area contributed by atoms with Gasteiger partial charge in [-0.25, -0.2) is 4.79 Å². The van der Waals surface area contributed by atoms with Crippen molar-refractivity contribution in [3.63, 3.8) is 0 Å². The predicted octanol–water partition coefficient (Wildman–Crippen LogP) is 2.31. The Labute approximate surface area is 168 Å². The molecule has 4 rings (SSSR count). The second-order valence-electron chi connectivity index (χ2n) is 7.42. The van der Waals surface area contributed by atoms with Crippen LogP contribution in [0.15, 0.2) is 51.7 Å². The Morgan fingerprint density at radius 3 is 2.69 bits per heavy atom. The molecule has 1 aliphatic rings. The quantitative estimate of drug-likeness (QED) is 0.543.